The molecule has 0 aliphatic carbocycles. The van der Waals surface area contributed by atoms with E-state index < -0.39 is 5.91 Å². The van der Waals surface area contributed by atoms with Gasteiger partial charge in [0, 0.05) is 17.5 Å². The summed E-state index contributed by atoms with van der Waals surface area (Å²) in [6, 6.07) is 38.0. The van der Waals surface area contributed by atoms with Crippen LogP contribution in [0.4, 0.5) is 0 Å². The summed E-state index contributed by atoms with van der Waals surface area (Å²) < 4.78 is 2.17. The van der Waals surface area contributed by atoms with Crippen molar-refractivity contribution in [2.45, 2.75) is 6.54 Å². The Morgan fingerprint density at radius 1 is 0.667 bits per heavy atom. The molecule has 0 unspecified atom stereocenters. The van der Waals surface area contributed by atoms with Crippen LogP contribution in [0.25, 0.3) is 44.1 Å². The number of benzene rings is 5. The predicted molar refractivity (Wildman–Crippen MR) is 146 cm³/mol. The van der Waals surface area contributed by atoms with Crippen LogP contribution in [0.1, 0.15) is 15.9 Å². The second-order valence-corrected chi connectivity index (χ2v) is 8.93. The van der Waals surface area contributed by atoms with Crippen LogP contribution in [0.2, 0.25) is 0 Å². The van der Waals surface area contributed by atoms with Gasteiger partial charge in [0.25, 0.3) is 0 Å². The first-order valence-electron chi connectivity index (χ1n) is 11.9. The number of carbonyl (C=O) groups excluding carboxylic acids is 1. The van der Waals surface area contributed by atoms with Gasteiger partial charge >= 0.3 is 0 Å². The monoisotopic (exact) mass is 468 g/mol. The molecule has 0 radical (unpaired) electrons. The number of hydrogen-bond donors (Lipinski definition) is 2. The molecule has 0 saturated heterocycles. The van der Waals surface area contributed by atoms with Crippen molar-refractivity contribution < 1.29 is 9.90 Å². The fourth-order valence-corrected chi connectivity index (χ4v) is 5.14. The summed E-state index contributed by atoms with van der Waals surface area (Å²) in [4.78, 5) is 12.4. The van der Waals surface area contributed by atoms with Gasteiger partial charge in [-0.05, 0) is 52.1 Å². The Kier molecular flexibility index (Phi) is 5.27. The van der Waals surface area contributed by atoms with Gasteiger partial charge in [-0.3, -0.25) is 4.79 Å². The topological polar surface area (TPSA) is 68.2 Å². The zero-order valence-corrected chi connectivity index (χ0v) is 19.6. The largest absolute Gasteiger partial charge is 0.507 e. The quantitative estimate of drug-likeness (QED) is 0.287. The van der Waals surface area contributed by atoms with E-state index in [1.54, 1.807) is 12.1 Å². The number of carbonyl (C=O) groups is 1. The normalized spacial score (nSPS) is 11.2. The van der Waals surface area contributed by atoms with E-state index in [0.29, 0.717) is 22.9 Å². The number of phenols is 1. The highest BCUT2D eigenvalue weighted by Gasteiger charge is 2.21. The van der Waals surface area contributed by atoms with Crippen molar-refractivity contribution in [3.05, 3.63) is 126 Å². The summed E-state index contributed by atoms with van der Waals surface area (Å²) in [6.07, 6.45) is 0. The number of hydrogen-bond acceptors (Lipinski definition) is 2. The van der Waals surface area contributed by atoms with Crippen LogP contribution >= 0.6 is 0 Å². The zero-order chi connectivity index (χ0) is 24.6. The molecule has 0 aliphatic rings. The molecule has 3 N–H and O–H groups in total. The van der Waals surface area contributed by atoms with E-state index in [4.69, 9.17) is 5.73 Å². The SMILES string of the molecule is NC(=O)c1cccc2c1c1c(O)cc(-c3ccccc3)cc1n2Cc1ccccc1-c1ccccc1. The number of phenolic OH excluding ortho intramolecular Hbond substituents is 1. The number of aromatic hydroxyl groups is 1. The second-order valence-electron chi connectivity index (χ2n) is 8.93. The van der Waals surface area contributed by atoms with Crippen molar-refractivity contribution in [3.63, 3.8) is 0 Å². The number of nitrogens with two attached hydrogens (primary N) is 1. The smallest absolute Gasteiger partial charge is 0.249 e. The number of rotatable bonds is 5. The lowest BCUT2D eigenvalue weighted by molar-refractivity contribution is 0.100. The van der Waals surface area contributed by atoms with Gasteiger partial charge < -0.3 is 15.4 Å². The molecule has 0 saturated carbocycles. The highest BCUT2D eigenvalue weighted by molar-refractivity contribution is 6.20. The lowest BCUT2D eigenvalue weighted by Crippen LogP contribution is -2.11. The van der Waals surface area contributed by atoms with Gasteiger partial charge in [0.1, 0.15) is 5.75 Å². The number of primary amides is 1. The minimum Gasteiger partial charge on any atom is -0.507 e. The van der Waals surface area contributed by atoms with Crippen molar-refractivity contribution in [2.75, 3.05) is 0 Å². The van der Waals surface area contributed by atoms with Gasteiger partial charge in [-0.2, -0.15) is 0 Å². The van der Waals surface area contributed by atoms with E-state index in [0.717, 1.165) is 38.9 Å². The molecule has 1 heterocycles. The van der Waals surface area contributed by atoms with Gasteiger partial charge in [0.15, 0.2) is 0 Å². The van der Waals surface area contributed by atoms with Gasteiger partial charge in [-0.15, -0.1) is 0 Å². The first-order valence-corrected chi connectivity index (χ1v) is 11.9. The lowest BCUT2D eigenvalue weighted by atomic mass is 9.99. The molecular weight excluding hydrogens is 444 g/mol. The van der Waals surface area contributed by atoms with Crippen molar-refractivity contribution in [3.8, 4) is 28.0 Å². The molecule has 0 fully saturated rings. The standard InChI is InChI=1S/C32H24N2O2/c33-32(36)26-16-9-17-27-30(26)31-28(18-24(19-29(31)35)21-10-3-1-4-11-21)34(27)20-23-14-7-8-15-25(23)22-12-5-2-6-13-22/h1-19,35H,20H2,(H2,33,36). The van der Waals surface area contributed by atoms with Crippen LogP contribution in [-0.4, -0.2) is 15.6 Å². The highest BCUT2D eigenvalue weighted by Crippen LogP contribution is 2.41. The Bertz CT molecular complexity index is 1740. The van der Waals surface area contributed by atoms with Crippen LogP contribution in [-0.2, 0) is 6.54 Å². The Hall–Kier alpha value is -4.83. The minimum atomic E-state index is -0.518. The number of aromatic nitrogens is 1. The molecular formula is C32H24N2O2. The van der Waals surface area contributed by atoms with Crippen LogP contribution in [0.5, 0.6) is 5.75 Å². The maximum absolute atomic E-state index is 12.4. The van der Waals surface area contributed by atoms with Crippen LogP contribution in [0.15, 0.2) is 115 Å². The molecule has 0 aliphatic heterocycles. The van der Waals surface area contributed by atoms with Crippen molar-refractivity contribution in [1.82, 2.24) is 4.57 Å². The van der Waals surface area contributed by atoms with E-state index in [2.05, 4.69) is 34.9 Å². The molecule has 5 aromatic carbocycles. The average molecular weight is 469 g/mol. The first kappa shape index (κ1) is 21.7. The molecule has 1 aromatic heterocycles. The molecule has 0 bridgehead atoms. The summed E-state index contributed by atoms with van der Waals surface area (Å²) in [7, 11) is 0. The van der Waals surface area contributed by atoms with E-state index in [1.807, 2.05) is 72.8 Å². The summed E-state index contributed by atoms with van der Waals surface area (Å²) in [5, 5.41) is 12.6. The van der Waals surface area contributed by atoms with Gasteiger partial charge in [0.05, 0.1) is 16.4 Å². The molecule has 6 rings (SSSR count). The molecule has 4 heteroatoms. The fraction of sp³-hybridized carbons (Fsp3) is 0.0312. The third-order valence-electron chi connectivity index (χ3n) is 6.77. The third-order valence-corrected chi connectivity index (χ3v) is 6.77. The first-order chi connectivity index (χ1) is 17.6. The lowest BCUT2D eigenvalue weighted by Gasteiger charge is -2.14. The molecule has 0 atom stereocenters. The number of amides is 1. The average Bonchev–Trinajstić information content (AvgIpc) is 3.24. The molecule has 1 amide bonds. The fourth-order valence-electron chi connectivity index (χ4n) is 5.14. The number of fused-ring (bicyclic) bond motifs is 3. The molecule has 6 aromatic rings. The van der Waals surface area contributed by atoms with Crippen molar-refractivity contribution in [1.29, 1.82) is 0 Å². The highest BCUT2D eigenvalue weighted by atomic mass is 16.3. The molecule has 36 heavy (non-hydrogen) atoms. The van der Waals surface area contributed by atoms with Gasteiger partial charge in [-0.25, -0.2) is 0 Å². The van der Waals surface area contributed by atoms with Crippen molar-refractivity contribution in [2.24, 2.45) is 5.73 Å². The third kappa shape index (κ3) is 3.60. The second kappa shape index (κ2) is 8.75. The zero-order valence-electron chi connectivity index (χ0n) is 19.6. The van der Waals surface area contributed by atoms with E-state index in [9.17, 15) is 9.90 Å². The van der Waals surface area contributed by atoms with E-state index in [-0.39, 0.29) is 5.75 Å². The summed E-state index contributed by atoms with van der Waals surface area (Å²) in [6.45, 7) is 0.560. The Morgan fingerprint density at radius 3 is 2.06 bits per heavy atom. The summed E-state index contributed by atoms with van der Waals surface area (Å²) in [5.41, 5.74) is 13.2. The molecule has 174 valence electrons. The molecule has 0 spiro atoms. The Balaban J connectivity index is 1.65. The summed E-state index contributed by atoms with van der Waals surface area (Å²) >= 11 is 0. The predicted octanol–water partition coefficient (Wildman–Crippen LogP) is 6.98. The summed E-state index contributed by atoms with van der Waals surface area (Å²) in [5.74, 6) is -0.393. The van der Waals surface area contributed by atoms with Gasteiger partial charge in [0.2, 0.25) is 5.91 Å². The van der Waals surface area contributed by atoms with E-state index >= 15 is 0 Å². The van der Waals surface area contributed by atoms with Gasteiger partial charge in [-0.1, -0.05) is 91.0 Å². The van der Waals surface area contributed by atoms with Crippen molar-refractivity contribution >= 4 is 27.7 Å². The molecule has 4 nitrogen and oxygen atoms in total. The maximum Gasteiger partial charge on any atom is 0.249 e. The van der Waals surface area contributed by atoms with Crippen LogP contribution in [0, 0.1) is 0 Å². The van der Waals surface area contributed by atoms with Crippen LogP contribution in [0.3, 0.4) is 0 Å². The van der Waals surface area contributed by atoms with Crippen LogP contribution < -0.4 is 5.73 Å². The minimum absolute atomic E-state index is 0.125. The maximum atomic E-state index is 12.4. The van der Waals surface area contributed by atoms with E-state index in [1.165, 1.54) is 0 Å². The Morgan fingerprint density at radius 2 is 1.33 bits per heavy atom. The Labute approximate surface area is 208 Å². The number of nitrogens with zero attached hydrogens (tertiary/aromatic N) is 1.